The Hall–Kier alpha value is -0.795. The lowest BCUT2D eigenvalue weighted by Crippen LogP contribution is -2.34. The van der Waals surface area contributed by atoms with Crippen molar-refractivity contribution in [2.24, 2.45) is 0 Å². The van der Waals surface area contributed by atoms with Crippen LogP contribution in [0.25, 0.3) is 0 Å². The molecule has 0 aromatic heterocycles. The second-order valence-electron chi connectivity index (χ2n) is 4.68. The molecule has 0 spiro atoms. The van der Waals surface area contributed by atoms with Crippen molar-refractivity contribution in [2.75, 3.05) is 14.2 Å². The molecule has 1 aromatic rings. The van der Waals surface area contributed by atoms with E-state index in [4.69, 9.17) is 9.31 Å². The molecule has 0 aliphatic heterocycles. The molecule has 0 heterocycles. The van der Waals surface area contributed by atoms with Gasteiger partial charge in [0.05, 0.1) is 0 Å². The summed E-state index contributed by atoms with van der Waals surface area (Å²) in [5.74, 6) is 0. The Kier molecular flexibility index (Phi) is 3.94. The van der Waals surface area contributed by atoms with Gasteiger partial charge in [-0.25, -0.2) is 0 Å². The van der Waals surface area contributed by atoms with Gasteiger partial charge in [-0.3, -0.25) is 0 Å². The van der Waals surface area contributed by atoms with Gasteiger partial charge in [-0.15, -0.1) is 0 Å². The fourth-order valence-corrected chi connectivity index (χ4v) is 1.51. The molecule has 0 atom stereocenters. The van der Waals surface area contributed by atoms with Crippen LogP contribution in [0, 0.1) is 0 Å². The lowest BCUT2D eigenvalue weighted by Gasteiger charge is -2.19. The lowest BCUT2D eigenvalue weighted by molar-refractivity contribution is 0.292. The Balaban J connectivity index is 2.89. The largest absolute Gasteiger partial charge is 0.493 e. The van der Waals surface area contributed by atoms with Gasteiger partial charge >= 0.3 is 7.12 Å². The van der Waals surface area contributed by atoms with Crippen LogP contribution in [0.4, 0.5) is 0 Å². The van der Waals surface area contributed by atoms with Crippen molar-refractivity contribution in [1.82, 2.24) is 0 Å². The molecule has 0 radical (unpaired) electrons. The third kappa shape index (κ3) is 3.08. The van der Waals surface area contributed by atoms with Gasteiger partial charge in [0.25, 0.3) is 0 Å². The minimum Gasteiger partial charge on any atom is -0.410 e. The fraction of sp³-hybridized carbons (Fsp3) is 0.500. The summed E-state index contributed by atoms with van der Waals surface area (Å²) in [7, 11) is 3.02. The van der Waals surface area contributed by atoms with Crippen LogP contribution in [0.1, 0.15) is 26.3 Å². The molecule has 0 amide bonds. The first-order valence-electron chi connectivity index (χ1n) is 5.15. The summed E-state index contributed by atoms with van der Waals surface area (Å²) in [6.45, 7) is 6.60. The fourth-order valence-electron chi connectivity index (χ4n) is 1.51. The minimum absolute atomic E-state index is 0.189. The molecule has 15 heavy (non-hydrogen) atoms. The molecule has 3 heteroatoms. The van der Waals surface area contributed by atoms with E-state index in [2.05, 4.69) is 45.0 Å². The summed E-state index contributed by atoms with van der Waals surface area (Å²) in [6.07, 6.45) is 0. The topological polar surface area (TPSA) is 18.5 Å². The Labute approximate surface area is 92.7 Å². The van der Waals surface area contributed by atoms with E-state index in [9.17, 15) is 0 Å². The lowest BCUT2D eigenvalue weighted by atomic mass is 9.77. The number of hydrogen-bond acceptors (Lipinski definition) is 2. The average Bonchev–Trinajstić information content (AvgIpc) is 2.19. The van der Waals surface area contributed by atoms with E-state index in [0.717, 1.165) is 5.46 Å². The van der Waals surface area contributed by atoms with Crippen LogP contribution >= 0.6 is 0 Å². The Morgan fingerprint density at radius 3 is 1.73 bits per heavy atom. The van der Waals surface area contributed by atoms with E-state index in [-0.39, 0.29) is 12.5 Å². The molecule has 0 N–H and O–H groups in total. The second-order valence-corrected chi connectivity index (χ2v) is 4.68. The molecule has 0 saturated heterocycles. The van der Waals surface area contributed by atoms with E-state index in [1.807, 2.05) is 0 Å². The number of benzene rings is 1. The van der Waals surface area contributed by atoms with Gasteiger partial charge in [0, 0.05) is 14.2 Å². The summed E-state index contributed by atoms with van der Waals surface area (Å²) < 4.78 is 10.4. The smallest absolute Gasteiger partial charge is 0.410 e. The molecule has 0 unspecified atom stereocenters. The summed E-state index contributed by atoms with van der Waals surface area (Å²) >= 11 is 0. The van der Waals surface area contributed by atoms with E-state index in [1.54, 1.807) is 14.2 Å². The Morgan fingerprint density at radius 1 is 0.933 bits per heavy atom. The van der Waals surface area contributed by atoms with Crippen LogP contribution in [0.15, 0.2) is 24.3 Å². The highest BCUT2D eigenvalue weighted by atomic mass is 16.6. The number of rotatable bonds is 3. The highest BCUT2D eigenvalue weighted by Gasteiger charge is 2.19. The monoisotopic (exact) mass is 206 g/mol. The van der Waals surface area contributed by atoms with Crippen LogP contribution < -0.4 is 5.46 Å². The quantitative estimate of drug-likeness (QED) is 0.704. The maximum absolute atomic E-state index is 5.19. The van der Waals surface area contributed by atoms with Crippen LogP contribution in [-0.4, -0.2) is 21.3 Å². The van der Waals surface area contributed by atoms with Crippen LogP contribution in [0.5, 0.6) is 0 Å². The van der Waals surface area contributed by atoms with Crippen LogP contribution in [0.3, 0.4) is 0 Å². The van der Waals surface area contributed by atoms with Crippen LogP contribution in [0.2, 0.25) is 0 Å². The average molecular weight is 206 g/mol. The predicted octanol–water partition coefficient (Wildman–Crippen LogP) is 1.97. The third-order valence-corrected chi connectivity index (χ3v) is 2.48. The molecule has 0 saturated carbocycles. The minimum atomic E-state index is -0.265. The molecule has 0 fully saturated rings. The van der Waals surface area contributed by atoms with Gasteiger partial charge in [0.1, 0.15) is 0 Å². The second kappa shape index (κ2) is 4.82. The van der Waals surface area contributed by atoms with Crippen LogP contribution in [-0.2, 0) is 14.7 Å². The first kappa shape index (κ1) is 12.3. The van der Waals surface area contributed by atoms with Crippen molar-refractivity contribution >= 4 is 12.6 Å². The molecule has 1 aromatic carbocycles. The van der Waals surface area contributed by atoms with Gasteiger partial charge in [0.2, 0.25) is 0 Å². The van der Waals surface area contributed by atoms with Crippen molar-refractivity contribution in [1.29, 1.82) is 0 Å². The molecule has 0 aliphatic carbocycles. The molecule has 2 nitrogen and oxygen atoms in total. The molecular weight excluding hydrogens is 187 g/mol. The van der Waals surface area contributed by atoms with Gasteiger partial charge in [-0.2, -0.15) is 0 Å². The zero-order valence-corrected chi connectivity index (χ0v) is 10.2. The van der Waals surface area contributed by atoms with Gasteiger partial charge < -0.3 is 9.31 Å². The molecular formula is C12H19BO2. The summed E-state index contributed by atoms with van der Waals surface area (Å²) in [5.41, 5.74) is 2.55. The van der Waals surface area contributed by atoms with Crippen molar-refractivity contribution < 1.29 is 9.31 Å². The molecule has 82 valence electrons. The summed E-state index contributed by atoms with van der Waals surface area (Å²) in [4.78, 5) is 0. The SMILES string of the molecule is COB(OC)c1ccc(C(C)(C)C)cc1. The zero-order valence-electron chi connectivity index (χ0n) is 10.2. The predicted molar refractivity (Wildman–Crippen MR) is 64.5 cm³/mol. The molecule has 1 rings (SSSR count). The van der Waals surface area contributed by atoms with Gasteiger partial charge in [-0.05, 0) is 16.4 Å². The zero-order chi connectivity index (χ0) is 11.5. The van der Waals surface area contributed by atoms with Gasteiger partial charge in [-0.1, -0.05) is 45.0 Å². The van der Waals surface area contributed by atoms with E-state index < -0.39 is 0 Å². The van der Waals surface area contributed by atoms with Crippen molar-refractivity contribution in [3.63, 3.8) is 0 Å². The molecule has 0 aliphatic rings. The first-order valence-corrected chi connectivity index (χ1v) is 5.15. The standard InChI is InChI=1S/C12H19BO2/c1-12(2,3)10-6-8-11(9-7-10)13(14-4)15-5/h6-9H,1-5H3. The normalized spacial score (nSPS) is 11.5. The van der Waals surface area contributed by atoms with Crippen molar-refractivity contribution in [3.05, 3.63) is 29.8 Å². The summed E-state index contributed by atoms with van der Waals surface area (Å²) in [6, 6.07) is 8.36. The first-order chi connectivity index (χ1) is 6.99. The van der Waals surface area contributed by atoms with E-state index >= 15 is 0 Å². The van der Waals surface area contributed by atoms with Gasteiger partial charge in [0.15, 0.2) is 0 Å². The third-order valence-electron chi connectivity index (χ3n) is 2.48. The maximum Gasteiger partial charge on any atom is 0.493 e. The highest BCUT2D eigenvalue weighted by molar-refractivity contribution is 6.61. The highest BCUT2D eigenvalue weighted by Crippen LogP contribution is 2.20. The van der Waals surface area contributed by atoms with Crippen molar-refractivity contribution in [3.8, 4) is 0 Å². The summed E-state index contributed by atoms with van der Waals surface area (Å²) in [5, 5.41) is 0. The Morgan fingerprint density at radius 2 is 1.40 bits per heavy atom. The molecule has 0 bridgehead atoms. The van der Waals surface area contributed by atoms with E-state index in [1.165, 1.54) is 5.56 Å². The van der Waals surface area contributed by atoms with E-state index in [0.29, 0.717) is 0 Å². The number of hydrogen-bond donors (Lipinski definition) is 0. The maximum atomic E-state index is 5.19. The van der Waals surface area contributed by atoms with Crippen molar-refractivity contribution in [2.45, 2.75) is 26.2 Å². The Bertz CT molecular complexity index is 296.